The Morgan fingerprint density at radius 1 is 1.14 bits per heavy atom. The predicted octanol–water partition coefficient (Wildman–Crippen LogP) is 4.36. The van der Waals surface area contributed by atoms with Crippen LogP contribution in [0.15, 0.2) is 35.1 Å². The molecular weight excluding hydrogens is 278 g/mol. The molecule has 0 amide bonds. The Hall–Kier alpha value is -1.48. The summed E-state index contributed by atoms with van der Waals surface area (Å²) >= 11 is 4.26. The van der Waals surface area contributed by atoms with Gasteiger partial charge in [-0.3, -0.25) is 4.79 Å². The molecule has 0 aliphatic carbocycles. The van der Waals surface area contributed by atoms with E-state index in [1.165, 1.54) is 11.1 Å². The number of benzene rings is 1. The fourth-order valence-corrected chi connectivity index (χ4v) is 2.77. The molecule has 21 heavy (non-hydrogen) atoms. The largest absolute Gasteiger partial charge is 0.308 e. The topological polar surface area (TPSA) is 22.0 Å². The average molecular weight is 301 g/mol. The van der Waals surface area contributed by atoms with Crippen molar-refractivity contribution < 1.29 is 0 Å². The molecule has 2 aromatic rings. The second-order valence-corrected chi connectivity index (χ2v) is 5.85. The lowest BCUT2D eigenvalue weighted by Crippen LogP contribution is -2.25. The van der Waals surface area contributed by atoms with Crippen molar-refractivity contribution in [2.45, 2.75) is 45.9 Å². The molecule has 1 aromatic heterocycles. The molecule has 0 N–H and O–H groups in total. The summed E-state index contributed by atoms with van der Waals surface area (Å²) in [6, 6.07) is 10.4. The second kappa shape index (κ2) is 6.99. The Bertz CT molecular complexity index is 688. The summed E-state index contributed by atoms with van der Waals surface area (Å²) in [7, 11) is 0. The van der Waals surface area contributed by atoms with Gasteiger partial charge in [0.25, 0.3) is 5.56 Å². The summed E-state index contributed by atoms with van der Waals surface area (Å²) < 4.78 is 1.91. The van der Waals surface area contributed by atoms with E-state index in [0.29, 0.717) is 5.75 Å². The van der Waals surface area contributed by atoms with Crippen LogP contribution in [0.5, 0.6) is 0 Å². The van der Waals surface area contributed by atoms with Gasteiger partial charge in [0.1, 0.15) is 0 Å². The molecule has 0 aliphatic rings. The molecule has 0 spiro atoms. The van der Waals surface area contributed by atoms with Crippen LogP contribution in [0.1, 0.15) is 36.5 Å². The van der Waals surface area contributed by atoms with E-state index in [9.17, 15) is 4.79 Å². The first kappa shape index (κ1) is 15.9. The fraction of sp³-hybridized carbons (Fsp3) is 0.389. The summed E-state index contributed by atoms with van der Waals surface area (Å²) in [6.45, 7) is 7.08. The highest BCUT2D eigenvalue weighted by Crippen LogP contribution is 2.24. The molecule has 2 rings (SSSR count). The lowest BCUT2D eigenvalue weighted by molar-refractivity contribution is 0.615. The monoisotopic (exact) mass is 301 g/mol. The van der Waals surface area contributed by atoms with Crippen molar-refractivity contribution in [2.24, 2.45) is 0 Å². The number of nitrogens with zero attached hydrogens (tertiary/aromatic N) is 1. The third kappa shape index (κ3) is 3.41. The van der Waals surface area contributed by atoms with E-state index in [1.54, 1.807) is 0 Å². The summed E-state index contributed by atoms with van der Waals surface area (Å²) in [5.74, 6) is 0.484. The molecule has 0 atom stereocenters. The van der Waals surface area contributed by atoms with Gasteiger partial charge in [-0.15, -0.1) is 0 Å². The number of aryl methyl sites for hydroxylation is 2. The summed E-state index contributed by atoms with van der Waals surface area (Å²) in [6.07, 6.45) is 2.08. The van der Waals surface area contributed by atoms with Gasteiger partial charge in [0.05, 0.1) is 5.69 Å². The van der Waals surface area contributed by atoms with Crippen LogP contribution in [0.25, 0.3) is 11.3 Å². The maximum atomic E-state index is 12.6. The third-order valence-electron chi connectivity index (χ3n) is 3.83. The quantitative estimate of drug-likeness (QED) is 0.814. The second-order valence-electron chi connectivity index (χ2n) is 5.53. The number of pyridine rings is 1. The van der Waals surface area contributed by atoms with Crippen LogP contribution in [0.3, 0.4) is 0 Å². The molecule has 1 heterocycles. The number of unbranched alkanes of at least 4 members (excludes halogenated alkanes) is 1. The number of hydrogen-bond acceptors (Lipinski definition) is 2. The van der Waals surface area contributed by atoms with Crippen molar-refractivity contribution in [1.82, 2.24) is 4.57 Å². The molecule has 0 bridgehead atoms. The van der Waals surface area contributed by atoms with Crippen LogP contribution in [0, 0.1) is 13.8 Å². The molecule has 2 nitrogen and oxygen atoms in total. The maximum Gasteiger partial charge on any atom is 0.255 e. The van der Waals surface area contributed by atoms with E-state index in [4.69, 9.17) is 0 Å². The van der Waals surface area contributed by atoms with Crippen LogP contribution in [0.2, 0.25) is 0 Å². The van der Waals surface area contributed by atoms with Gasteiger partial charge in [0, 0.05) is 23.4 Å². The van der Waals surface area contributed by atoms with Crippen molar-refractivity contribution in [3.63, 3.8) is 0 Å². The zero-order valence-electron chi connectivity index (χ0n) is 13.0. The number of thiol groups is 1. The van der Waals surface area contributed by atoms with Gasteiger partial charge in [-0.25, -0.2) is 0 Å². The molecule has 0 saturated heterocycles. The minimum absolute atomic E-state index is 0.0943. The van der Waals surface area contributed by atoms with E-state index in [-0.39, 0.29) is 5.56 Å². The van der Waals surface area contributed by atoms with E-state index < -0.39 is 0 Å². The Morgan fingerprint density at radius 2 is 1.90 bits per heavy atom. The van der Waals surface area contributed by atoms with Crippen LogP contribution >= 0.6 is 12.6 Å². The molecule has 1 aromatic carbocycles. The highest BCUT2D eigenvalue weighted by molar-refractivity contribution is 7.79. The zero-order chi connectivity index (χ0) is 15.4. The number of aromatic nitrogens is 1. The van der Waals surface area contributed by atoms with E-state index >= 15 is 0 Å². The molecule has 0 saturated carbocycles. The first-order valence-electron chi connectivity index (χ1n) is 7.49. The van der Waals surface area contributed by atoms with E-state index in [0.717, 1.165) is 36.2 Å². The fourth-order valence-electron chi connectivity index (χ4n) is 2.53. The van der Waals surface area contributed by atoms with Crippen LogP contribution in [-0.4, -0.2) is 4.57 Å². The van der Waals surface area contributed by atoms with Gasteiger partial charge in [0.15, 0.2) is 0 Å². The van der Waals surface area contributed by atoms with Crippen molar-refractivity contribution in [1.29, 1.82) is 0 Å². The van der Waals surface area contributed by atoms with Gasteiger partial charge in [-0.05, 0) is 38.0 Å². The SMILES string of the molecule is CCCCn1c(-c2cc(C)ccc2C)ccc(CS)c1=O. The summed E-state index contributed by atoms with van der Waals surface area (Å²) in [5, 5.41) is 0. The molecule has 0 radical (unpaired) electrons. The molecule has 0 unspecified atom stereocenters. The summed E-state index contributed by atoms with van der Waals surface area (Å²) in [5.41, 5.74) is 5.43. The van der Waals surface area contributed by atoms with Gasteiger partial charge >= 0.3 is 0 Å². The highest BCUT2D eigenvalue weighted by atomic mass is 32.1. The number of hydrogen-bond donors (Lipinski definition) is 1. The van der Waals surface area contributed by atoms with Gasteiger partial charge < -0.3 is 4.57 Å². The minimum Gasteiger partial charge on any atom is -0.308 e. The molecule has 0 aliphatic heterocycles. The standard InChI is InChI=1S/C18H23NOS/c1-4-5-10-19-17(9-8-15(12-21)18(19)20)16-11-13(2)6-7-14(16)3/h6-9,11,21H,4-5,10,12H2,1-3H3. The molecule has 0 fully saturated rings. The zero-order valence-corrected chi connectivity index (χ0v) is 13.9. The average Bonchev–Trinajstić information content (AvgIpc) is 2.48. The van der Waals surface area contributed by atoms with Crippen molar-refractivity contribution in [2.75, 3.05) is 0 Å². The first-order chi connectivity index (χ1) is 10.1. The first-order valence-corrected chi connectivity index (χ1v) is 8.13. The van der Waals surface area contributed by atoms with Gasteiger partial charge in [0.2, 0.25) is 0 Å². The predicted molar refractivity (Wildman–Crippen MR) is 93.2 cm³/mol. The lowest BCUT2D eigenvalue weighted by Gasteiger charge is -2.16. The Kier molecular flexibility index (Phi) is 5.29. The highest BCUT2D eigenvalue weighted by Gasteiger charge is 2.11. The van der Waals surface area contributed by atoms with E-state index in [1.807, 2.05) is 10.6 Å². The lowest BCUT2D eigenvalue weighted by atomic mass is 10.0. The van der Waals surface area contributed by atoms with Gasteiger partial charge in [-0.1, -0.05) is 37.1 Å². The van der Waals surface area contributed by atoms with Crippen LogP contribution < -0.4 is 5.56 Å². The molecular formula is C18H23NOS. The molecule has 112 valence electrons. The normalized spacial score (nSPS) is 10.9. The minimum atomic E-state index is 0.0943. The Balaban J connectivity index is 2.64. The Labute approximate surface area is 132 Å². The third-order valence-corrected chi connectivity index (χ3v) is 4.17. The molecule has 3 heteroatoms. The Morgan fingerprint density at radius 3 is 2.57 bits per heavy atom. The van der Waals surface area contributed by atoms with E-state index in [2.05, 4.69) is 57.7 Å². The van der Waals surface area contributed by atoms with Crippen molar-refractivity contribution in [3.8, 4) is 11.3 Å². The van der Waals surface area contributed by atoms with Crippen LogP contribution in [0.4, 0.5) is 0 Å². The summed E-state index contributed by atoms with van der Waals surface area (Å²) in [4.78, 5) is 12.6. The van der Waals surface area contributed by atoms with Crippen LogP contribution in [-0.2, 0) is 12.3 Å². The number of rotatable bonds is 5. The maximum absolute atomic E-state index is 12.6. The van der Waals surface area contributed by atoms with Crippen molar-refractivity contribution >= 4 is 12.6 Å². The van der Waals surface area contributed by atoms with Crippen molar-refractivity contribution in [3.05, 3.63) is 57.4 Å². The van der Waals surface area contributed by atoms with Gasteiger partial charge in [-0.2, -0.15) is 12.6 Å². The smallest absolute Gasteiger partial charge is 0.255 e.